The van der Waals surface area contributed by atoms with Gasteiger partial charge in [0.2, 0.25) is 15.9 Å². The number of rotatable bonds is 7. The highest BCUT2D eigenvalue weighted by Crippen LogP contribution is 2.25. The molecule has 0 aliphatic rings. The number of nitrogens with two attached hydrogens (primary N) is 1. The van der Waals surface area contributed by atoms with Crippen molar-refractivity contribution in [2.45, 2.75) is 45.2 Å². The molecule has 0 saturated heterocycles. The molecule has 1 atom stereocenters. The molecule has 10 heteroatoms. The molecule has 2 aromatic carbocycles. The van der Waals surface area contributed by atoms with Gasteiger partial charge in [-0.2, -0.15) is 0 Å². The Hall–Kier alpha value is -3.76. The number of aromatic nitrogens is 3. The Morgan fingerprint density at radius 3 is 2.34 bits per heavy atom. The normalized spacial score (nSPS) is 12.5. The smallest absolute Gasteiger partial charge is 0.340 e. The van der Waals surface area contributed by atoms with Gasteiger partial charge < -0.3 is 13.7 Å². The van der Waals surface area contributed by atoms with Crippen LogP contribution in [0.15, 0.2) is 63.9 Å². The van der Waals surface area contributed by atoms with Gasteiger partial charge in [-0.3, -0.25) is 0 Å². The fraction of sp³-hybridized carbons (Fsp3) is 0.240. The summed E-state index contributed by atoms with van der Waals surface area (Å²) in [6.45, 7) is 7.84. The molecule has 2 heterocycles. The van der Waals surface area contributed by atoms with Gasteiger partial charge in [-0.05, 0) is 63.6 Å². The first-order valence-electron chi connectivity index (χ1n) is 10.9. The van der Waals surface area contributed by atoms with Crippen LogP contribution in [0.25, 0.3) is 11.5 Å². The van der Waals surface area contributed by atoms with E-state index in [1.807, 2.05) is 49.6 Å². The van der Waals surface area contributed by atoms with Crippen molar-refractivity contribution in [3.8, 4) is 11.5 Å². The summed E-state index contributed by atoms with van der Waals surface area (Å²) >= 11 is 0. The Bertz CT molecular complexity index is 1470. The number of primary sulfonamides is 1. The molecule has 0 aliphatic carbocycles. The van der Waals surface area contributed by atoms with Gasteiger partial charge in [0.1, 0.15) is 0 Å². The highest BCUT2D eigenvalue weighted by Gasteiger charge is 2.23. The fourth-order valence-electron chi connectivity index (χ4n) is 3.70. The number of carbonyl (C=O) groups is 1. The molecule has 0 radical (unpaired) electrons. The number of ether oxygens (including phenoxy) is 1. The Labute approximate surface area is 203 Å². The molecule has 0 saturated carbocycles. The molecular weight excluding hydrogens is 468 g/mol. The third-order valence-corrected chi connectivity index (χ3v) is 6.69. The van der Waals surface area contributed by atoms with E-state index in [0.29, 0.717) is 18.0 Å². The molecule has 2 aromatic heterocycles. The quantitative estimate of drug-likeness (QED) is 0.383. The van der Waals surface area contributed by atoms with Gasteiger partial charge in [0.05, 0.1) is 10.5 Å². The first-order chi connectivity index (χ1) is 16.5. The molecular formula is C25H26N4O5S. The zero-order valence-corrected chi connectivity index (χ0v) is 20.7. The molecule has 1 unspecified atom stereocenters. The fourth-order valence-corrected chi connectivity index (χ4v) is 4.22. The zero-order valence-electron chi connectivity index (χ0n) is 19.8. The number of hydrogen-bond donors (Lipinski definition) is 1. The van der Waals surface area contributed by atoms with E-state index in [-0.39, 0.29) is 10.8 Å². The average Bonchev–Trinajstić information content (AvgIpc) is 3.40. The minimum atomic E-state index is -3.75. The van der Waals surface area contributed by atoms with E-state index in [4.69, 9.17) is 14.3 Å². The van der Waals surface area contributed by atoms with Crippen LogP contribution in [0, 0.1) is 20.8 Å². The van der Waals surface area contributed by atoms with Gasteiger partial charge in [0.15, 0.2) is 6.10 Å². The summed E-state index contributed by atoms with van der Waals surface area (Å²) in [5.74, 6) is 0.0590. The van der Waals surface area contributed by atoms with Crippen LogP contribution in [0.4, 0.5) is 0 Å². The first kappa shape index (κ1) is 24.4. The van der Waals surface area contributed by atoms with Crippen LogP contribution in [0.5, 0.6) is 0 Å². The van der Waals surface area contributed by atoms with Crippen molar-refractivity contribution in [1.82, 2.24) is 14.8 Å². The van der Waals surface area contributed by atoms with Gasteiger partial charge in [0, 0.05) is 23.5 Å². The monoisotopic (exact) mass is 494 g/mol. The van der Waals surface area contributed by atoms with E-state index in [9.17, 15) is 13.2 Å². The maximum absolute atomic E-state index is 12.9. The second kappa shape index (κ2) is 9.47. The second-order valence-corrected chi connectivity index (χ2v) is 9.98. The van der Waals surface area contributed by atoms with Crippen molar-refractivity contribution in [2.75, 3.05) is 0 Å². The lowest BCUT2D eigenvalue weighted by molar-refractivity contribution is 0.0279. The summed E-state index contributed by atoms with van der Waals surface area (Å²) < 4.78 is 36.2. The molecule has 0 aliphatic heterocycles. The molecule has 4 aromatic rings. The SMILES string of the molecule is Cc1ccc(-c2nnc(C(C)OC(=O)c3cc(C)n(Cc4ccc(S(N)(=O)=O)cc4)c3C)o2)cc1. The lowest BCUT2D eigenvalue weighted by Crippen LogP contribution is -2.12. The highest BCUT2D eigenvalue weighted by atomic mass is 32.2. The van der Waals surface area contributed by atoms with Crippen LogP contribution in [-0.4, -0.2) is 29.2 Å². The summed E-state index contributed by atoms with van der Waals surface area (Å²) in [6.07, 6.45) is -0.733. The molecule has 35 heavy (non-hydrogen) atoms. The largest absolute Gasteiger partial charge is 0.449 e. The van der Waals surface area contributed by atoms with Gasteiger partial charge in [-0.15, -0.1) is 10.2 Å². The van der Waals surface area contributed by atoms with Crippen LogP contribution in [0.1, 0.15) is 51.8 Å². The van der Waals surface area contributed by atoms with E-state index >= 15 is 0 Å². The average molecular weight is 495 g/mol. The van der Waals surface area contributed by atoms with Crippen molar-refractivity contribution < 1.29 is 22.4 Å². The number of sulfonamides is 1. The maximum Gasteiger partial charge on any atom is 0.340 e. The number of aryl methyl sites for hydroxylation is 2. The number of nitrogens with zero attached hydrogens (tertiary/aromatic N) is 3. The van der Waals surface area contributed by atoms with Crippen molar-refractivity contribution in [2.24, 2.45) is 5.14 Å². The molecule has 2 N–H and O–H groups in total. The molecule has 0 bridgehead atoms. The summed E-state index contributed by atoms with van der Waals surface area (Å²) in [7, 11) is -3.75. The van der Waals surface area contributed by atoms with Crippen molar-refractivity contribution in [1.29, 1.82) is 0 Å². The Morgan fingerprint density at radius 1 is 1.06 bits per heavy atom. The molecule has 0 spiro atoms. The van der Waals surface area contributed by atoms with Crippen LogP contribution in [-0.2, 0) is 21.3 Å². The molecule has 9 nitrogen and oxygen atoms in total. The highest BCUT2D eigenvalue weighted by molar-refractivity contribution is 7.89. The minimum Gasteiger partial charge on any atom is -0.449 e. The van der Waals surface area contributed by atoms with Gasteiger partial charge in [-0.1, -0.05) is 29.8 Å². The number of carbonyl (C=O) groups excluding carboxylic acids is 1. The van der Waals surface area contributed by atoms with E-state index in [0.717, 1.165) is 28.1 Å². The summed E-state index contributed by atoms with van der Waals surface area (Å²) in [4.78, 5) is 13.0. The standard InChI is InChI=1S/C25H26N4O5S/c1-15-5-9-20(10-6-15)24-28-27-23(34-24)18(4)33-25(30)22-13-16(2)29(17(22)3)14-19-7-11-21(12-8-19)35(26,31)32/h5-13,18H,14H2,1-4H3,(H2,26,31,32). The van der Waals surface area contributed by atoms with E-state index in [2.05, 4.69) is 10.2 Å². The van der Waals surface area contributed by atoms with Gasteiger partial charge >= 0.3 is 5.97 Å². The van der Waals surface area contributed by atoms with Crippen LogP contribution in [0.3, 0.4) is 0 Å². The van der Waals surface area contributed by atoms with Crippen LogP contribution < -0.4 is 5.14 Å². The summed E-state index contributed by atoms with van der Waals surface area (Å²) in [5, 5.41) is 13.3. The third-order valence-electron chi connectivity index (χ3n) is 5.76. The zero-order chi connectivity index (χ0) is 25.3. The molecule has 4 rings (SSSR count). The molecule has 182 valence electrons. The Morgan fingerprint density at radius 2 is 1.71 bits per heavy atom. The summed E-state index contributed by atoms with van der Waals surface area (Å²) in [6, 6.07) is 15.8. The lowest BCUT2D eigenvalue weighted by Gasteiger charge is -2.12. The minimum absolute atomic E-state index is 0.0482. The van der Waals surface area contributed by atoms with E-state index in [1.54, 1.807) is 25.1 Å². The summed E-state index contributed by atoms with van der Waals surface area (Å²) in [5.41, 5.74) is 4.77. The van der Waals surface area contributed by atoms with Gasteiger partial charge in [-0.25, -0.2) is 18.4 Å². The van der Waals surface area contributed by atoms with Crippen molar-refractivity contribution in [3.63, 3.8) is 0 Å². The molecule has 0 amide bonds. The predicted octanol–water partition coefficient (Wildman–Crippen LogP) is 4.08. The number of esters is 1. The predicted molar refractivity (Wildman–Crippen MR) is 129 cm³/mol. The topological polar surface area (TPSA) is 130 Å². The second-order valence-electron chi connectivity index (χ2n) is 8.42. The Balaban J connectivity index is 1.47. The van der Waals surface area contributed by atoms with Gasteiger partial charge in [0.25, 0.3) is 5.89 Å². The molecule has 0 fully saturated rings. The van der Waals surface area contributed by atoms with Crippen LogP contribution in [0.2, 0.25) is 0 Å². The number of hydrogen-bond acceptors (Lipinski definition) is 7. The number of benzene rings is 2. The lowest BCUT2D eigenvalue weighted by atomic mass is 10.1. The third kappa shape index (κ3) is 5.33. The van der Waals surface area contributed by atoms with Crippen molar-refractivity contribution >= 4 is 16.0 Å². The van der Waals surface area contributed by atoms with Crippen LogP contribution >= 0.6 is 0 Å². The van der Waals surface area contributed by atoms with E-state index in [1.165, 1.54) is 12.1 Å². The maximum atomic E-state index is 12.9. The Kier molecular flexibility index (Phi) is 6.60. The van der Waals surface area contributed by atoms with E-state index < -0.39 is 22.1 Å². The van der Waals surface area contributed by atoms with Crippen molar-refractivity contribution in [3.05, 3.63) is 88.6 Å². The first-order valence-corrected chi connectivity index (χ1v) is 12.5.